The number of hydrogen-bond acceptors (Lipinski definition) is 3. The van der Waals surface area contributed by atoms with Gasteiger partial charge in [0, 0.05) is 5.56 Å². The lowest BCUT2D eigenvalue weighted by Gasteiger charge is -2.10. The summed E-state index contributed by atoms with van der Waals surface area (Å²) in [7, 11) is 1.87. The van der Waals surface area contributed by atoms with Crippen LogP contribution in [-0.2, 0) is 0 Å². The highest BCUT2D eigenvalue weighted by Gasteiger charge is 2.04. The molecule has 0 aliphatic heterocycles. The summed E-state index contributed by atoms with van der Waals surface area (Å²) < 4.78 is 11.0. The molecule has 0 amide bonds. The van der Waals surface area contributed by atoms with Crippen molar-refractivity contribution in [3.05, 3.63) is 23.8 Å². The Kier molecular flexibility index (Phi) is 5.98. The van der Waals surface area contributed by atoms with E-state index in [4.69, 9.17) is 9.47 Å². The summed E-state index contributed by atoms with van der Waals surface area (Å²) in [6, 6.07) is 5.76. The van der Waals surface area contributed by atoms with Crippen LogP contribution in [0.25, 0.3) is 0 Å². The van der Waals surface area contributed by atoms with Crippen LogP contribution in [0.2, 0.25) is 0 Å². The van der Waals surface area contributed by atoms with Crippen molar-refractivity contribution >= 4 is 0 Å². The lowest BCUT2D eigenvalue weighted by atomic mass is 10.2. The van der Waals surface area contributed by atoms with Gasteiger partial charge < -0.3 is 14.8 Å². The van der Waals surface area contributed by atoms with Crippen LogP contribution in [0.5, 0.6) is 11.5 Å². The normalized spacial score (nSPS) is 9.35. The molecule has 0 saturated carbocycles. The molecule has 1 aromatic rings. The Balaban J connectivity index is 2.89. The molecule has 17 heavy (non-hydrogen) atoms. The van der Waals surface area contributed by atoms with E-state index in [2.05, 4.69) is 17.2 Å². The summed E-state index contributed by atoms with van der Waals surface area (Å²) in [4.78, 5) is 0. The Hall–Kier alpha value is -1.66. The number of benzene rings is 1. The van der Waals surface area contributed by atoms with E-state index in [0.29, 0.717) is 19.8 Å². The van der Waals surface area contributed by atoms with Crippen LogP contribution in [0.1, 0.15) is 19.4 Å². The van der Waals surface area contributed by atoms with Crippen LogP contribution in [0.4, 0.5) is 0 Å². The van der Waals surface area contributed by atoms with Crippen LogP contribution < -0.4 is 14.8 Å². The van der Waals surface area contributed by atoms with E-state index in [-0.39, 0.29) is 0 Å². The van der Waals surface area contributed by atoms with Crippen molar-refractivity contribution in [1.29, 1.82) is 0 Å². The predicted octanol–water partition coefficient (Wildman–Crippen LogP) is 2.05. The highest BCUT2D eigenvalue weighted by Crippen LogP contribution is 2.28. The van der Waals surface area contributed by atoms with Crippen LogP contribution in [-0.4, -0.2) is 26.8 Å². The Morgan fingerprint density at radius 3 is 2.47 bits per heavy atom. The third-order valence-electron chi connectivity index (χ3n) is 2.04. The second-order valence-corrected chi connectivity index (χ2v) is 3.36. The van der Waals surface area contributed by atoms with Crippen molar-refractivity contribution in [3.63, 3.8) is 0 Å². The molecule has 0 aliphatic carbocycles. The molecule has 0 atom stereocenters. The summed E-state index contributed by atoms with van der Waals surface area (Å²) in [6.45, 7) is 5.83. The average Bonchev–Trinajstić information content (AvgIpc) is 2.33. The van der Waals surface area contributed by atoms with Gasteiger partial charge >= 0.3 is 0 Å². The topological polar surface area (TPSA) is 30.5 Å². The molecule has 0 bridgehead atoms. The lowest BCUT2D eigenvalue weighted by molar-refractivity contribution is 0.287. The summed E-state index contributed by atoms with van der Waals surface area (Å²) >= 11 is 0. The zero-order valence-electron chi connectivity index (χ0n) is 10.7. The molecule has 0 spiro atoms. The molecule has 92 valence electrons. The molecule has 3 heteroatoms. The maximum atomic E-state index is 5.53. The summed E-state index contributed by atoms with van der Waals surface area (Å²) in [5.74, 6) is 7.61. The average molecular weight is 233 g/mol. The van der Waals surface area contributed by atoms with Gasteiger partial charge in [0.25, 0.3) is 0 Å². The summed E-state index contributed by atoms with van der Waals surface area (Å²) in [6.07, 6.45) is 0. The molecule has 3 nitrogen and oxygen atoms in total. The van der Waals surface area contributed by atoms with Gasteiger partial charge in [0.1, 0.15) is 0 Å². The fraction of sp³-hybridized carbons (Fsp3) is 0.429. The fourth-order valence-electron chi connectivity index (χ4n) is 1.36. The second-order valence-electron chi connectivity index (χ2n) is 3.36. The third-order valence-corrected chi connectivity index (χ3v) is 2.04. The molecule has 0 radical (unpaired) electrons. The van der Waals surface area contributed by atoms with E-state index in [1.54, 1.807) is 0 Å². The van der Waals surface area contributed by atoms with Gasteiger partial charge in [-0.15, -0.1) is 0 Å². The number of nitrogens with one attached hydrogen (secondary N) is 1. The molecule has 1 aromatic carbocycles. The SMILES string of the molecule is CCOc1ccc(C#CCNC)cc1OCC. The maximum absolute atomic E-state index is 5.53. The minimum absolute atomic E-state index is 0.619. The monoisotopic (exact) mass is 233 g/mol. The van der Waals surface area contributed by atoms with Crippen molar-refractivity contribution in [2.45, 2.75) is 13.8 Å². The molecule has 0 aliphatic rings. The van der Waals surface area contributed by atoms with E-state index >= 15 is 0 Å². The Bertz CT molecular complexity index is 404. The van der Waals surface area contributed by atoms with Gasteiger partial charge in [0.15, 0.2) is 11.5 Å². The molecule has 1 N–H and O–H groups in total. The van der Waals surface area contributed by atoms with E-state index in [0.717, 1.165) is 17.1 Å². The van der Waals surface area contributed by atoms with Crippen molar-refractivity contribution in [2.75, 3.05) is 26.8 Å². The second kappa shape index (κ2) is 7.59. The molecule has 0 saturated heterocycles. The molecular weight excluding hydrogens is 214 g/mol. The summed E-state index contributed by atoms with van der Waals surface area (Å²) in [5.41, 5.74) is 0.937. The van der Waals surface area contributed by atoms with Crippen molar-refractivity contribution in [2.24, 2.45) is 0 Å². The zero-order chi connectivity index (χ0) is 12.5. The molecular formula is C14H19NO2. The van der Waals surface area contributed by atoms with Gasteiger partial charge in [0.2, 0.25) is 0 Å². The van der Waals surface area contributed by atoms with Crippen LogP contribution in [0.3, 0.4) is 0 Å². The van der Waals surface area contributed by atoms with Crippen LogP contribution >= 0.6 is 0 Å². The van der Waals surface area contributed by atoms with Crippen molar-refractivity contribution in [1.82, 2.24) is 5.32 Å². The van der Waals surface area contributed by atoms with E-state index in [9.17, 15) is 0 Å². The first kappa shape index (κ1) is 13.4. The Morgan fingerprint density at radius 1 is 1.12 bits per heavy atom. The minimum atomic E-state index is 0.619. The van der Waals surface area contributed by atoms with Gasteiger partial charge in [-0.1, -0.05) is 11.8 Å². The molecule has 0 heterocycles. The van der Waals surface area contributed by atoms with Gasteiger partial charge in [0.05, 0.1) is 19.8 Å². The van der Waals surface area contributed by atoms with Gasteiger partial charge in [-0.25, -0.2) is 0 Å². The highest BCUT2D eigenvalue weighted by molar-refractivity contribution is 5.48. The standard InChI is InChI=1S/C14H19NO2/c1-4-16-13-9-8-12(7-6-10-15-3)11-14(13)17-5-2/h8-9,11,15H,4-5,10H2,1-3H3. The fourth-order valence-corrected chi connectivity index (χ4v) is 1.36. The Morgan fingerprint density at radius 2 is 1.82 bits per heavy atom. The van der Waals surface area contributed by atoms with Gasteiger partial charge in [-0.2, -0.15) is 0 Å². The Labute approximate surface area is 103 Å². The van der Waals surface area contributed by atoms with Gasteiger partial charge in [-0.05, 0) is 39.1 Å². The third kappa shape index (κ3) is 4.38. The first-order chi connectivity index (χ1) is 8.31. The first-order valence-corrected chi connectivity index (χ1v) is 5.84. The minimum Gasteiger partial charge on any atom is -0.490 e. The molecule has 0 unspecified atom stereocenters. The lowest BCUT2D eigenvalue weighted by Crippen LogP contribution is -2.04. The molecule has 0 aromatic heterocycles. The zero-order valence-corrected chi connectivity index (χ0v) is 10.7. The molecule has 0 fully saturated rings. The quantitative estimate of drug-likeness (QED) is 0.790. The predicted molar refractivity (Wildman–Crippen MR) is 69.6 cm³/mol. The maximum Gasteiger partial charge on any atom is 0.162 e. The van der Waals surface area contributed by atoms with Crippen LogP contribution in [0.15, 0.2) is 18.2 Å². The number of rotatable bonds is 5. The number of hydrogen-bond donors (Lipinski definition) is 1. The van der Waals surface area contributed by atoms with Crippen LogP contribution in [0, 0.1) is 11.8 Å². The van der Waals surface area contributed by atoms with E-state index < -0.39 is 0 Å². The summed E-state index contributed by atoms with van der Waals surface area (Å²) in [5, 5.41) is 2.98. The molecule has 1 rings (SSSR count). The number of ether oxygens (including phenoxy) is 2. The smallest absolute Gasteiger partial charge is 0.162 e. The van der Waals surface area contributed by atoms with Crippen molar-refractivity contribution in [3.8, 4) is 23.3 Å². The first-order valence-electron chi connectivity index (χ1n) is 5.84. The van der Waals surface area contributed by atoms with Crippen molar-refractivity contribution < 1.29 is 9.47 Å². The van der Waals surface area contributed by atoms with Gasteiger partial charge in [-0.3, -0.25) is 0 Å². The van der Waals surface area contributed by atoms with E-state index in [1.807, 2.05) is 39.1 Å². The highest BCUT2D eigenvalue weighted by atomic mass is 16.5. The largest absolute Gasteiger partial charge is 0.490 e. The van der Waals surface area contributed by atoms with E-state index in [1.165, 1.54) is 0 Å².